The van der Waals surface area contributed by atoms with Gasteiger partial charge in [0, 0.05) is 12.5 Å². The summed E-state index contributed by atoms with van der Waals surface area (Å²) in [5.41, 5.74) is 2.61. The molecule has 8 nitrogen and oxygen atoms in total. The van der Waals surface area contributed by atoms with Crippen LogP contribution in [-0.2, 0) is 21.1 Å². The van der Waals surface area contributed by atoms with Crippen molar-refractivity contribution in [1.82, 2.24) is 4.98 Å². The number of rotatable bonds is 7. The number of aromatic nitrogens is 1. The minimum atomic E-state index is -3.45. The molecule has 2 aliphatic heterocycles. The van der Waals surface area contributed by atoms with Gasteiger partial charge in [0.2, 0.25) is 0 Å². The van der Waals surface area contributed by atoms with Gasteiger partial charge in [0.05, 0.1) is 29.4 Å². The molecule has 10 heteroatoms. The molecule has 4 rings (SSSR count). The summed E-state index contributed by atoms with van der Waals surface area (Å²) < 4.78 is 36.3. The van der Waals surface area contributed by atoms with Gasteiger partial charge in [-0.3, -0.25) is 4.98 Å². The molecule has 0 unspecified atom stereocenters. The predicted molar refractivity (Wildman–Crippen MR) is 115 cm³/mol. The summed E-state index contributed by atoms with van der Waals surface area (Å²) in [5, 5.41) is 28.2. The highest BCUT2D eigenvalue weighted by molar-refractivity contribution is 7.92. The van der Waals surface area contributed by atoms with Gasteiger partial charge in [0.1, 0.15) is 18.1 Å². The molecule has 2 atom stereocenters. The number of furan rings is 1. The molecule has 0 aliphatic carbocycles. The SMILES string of the molecule is O=S1(=O)CC(CO)=C2[C@@H](CC/C(=C/c3ccc(CO)o3)c3ccccn3)OB(O)C[C@@H]21. The Balaban J connectivity index is 1.62. The third kappa shape index (κ3) is 4.68. The van der Waals surface area contributed by atoms with Crippen molar-refractivity contribution >= 4 is 28.6 Å². The topological polar surface area (TPSA) is 130 Å². The Kier molecular flexibility index (Phi) is 6.45. The van der Waals surface area contributed by atoms with Gasteiger partial charge >= 0.3 is 7.12 Å². The molecule has 0 spiro atoms. The molecule has 2 aromatic heterocycles. The van der Waals surface area contributed by atoms with Crippen molar-refractivity contribution in [2.24, 2.45) is 0 Å². The molecule has 0 bridgehead atoms. The Morgan fingerprint density at radius 2 is 2.06 bits per heavy atom. The monoisotopic (exact) mass is 445 g/mol. The maximum atomic E-state index is 12.5. The third-order valence-electron chi connectivity index (χ3n) is 5.66. The average molecular weight is 445 g/mol. The van der Waals surface area contributed by atoms with Crippen LogP contribution in [0.25, 0.3) is 11.6 Å². The van der Waals surface area contributed by atoms with Crippen LogP contribution >= 0.6 is 0 Å². The molecule has 2 aromatic rings. The van der Waals surface area contributed by atoms with Crippen LogP contribution in [0, 0.1) is 0 Å². The number of sulfone groups is 1. The summed E-state index contributed by atoms with van der Waals surface area (Å²) in [6, 6.07) is 8.98. The first-order chi connectivity index (χ1) is 14.9. The zero-order chi connectivity index (χ0) is 22.0. The van der Waals surface area contributed by atoms with Crippen molar-refractivity contribution < 1.29 is 32.7 Å². The van der Waals surface area contributed by atoms with Crippen LogP contribution in [0.5, 0.6) is 0 Å². The molecule has 1 fully saturated rings. The molecule has 0 amide bonds. The number of pyridine rings is 1. The molecule has 0 radical (unpaired) electrons. The van der Waals surface area contributed by atoms with Gasteiger partial charge < -0.3 is 24.3 Å². The second-order valence-corrected chi connectivity index (χ2v) is 9.90. The van der Waals surface area contributed by atoms with Gasteiger partial charge in [0.25, 0.3) is 0 Å². The quantitative estimate of drug-likeness (QED) is 0.431. The van der Waals surface area contributed by atoms with Gasteiger partial charge in [-0.05, 0) is 59.9 Å². The Hall–Kier alpha value is -2.24. The van der Waals surface area contributed by atoms with Crippen LogP contribution in [0.1, 0.15) is 30.1 Å². The maximum Gasteiger partial charge on any atom is 0.456 e. The lowest BCUT2D eigenvalue weighted by Crippen LogP contribution is -2.42. The highest BCUT2D eigenvalue weighted by Gasteiger charge is 2.48. The minimum Gasteiger partial charge on any atom is -0.459 e. The van der Waals surface area contributed by atoms with E-state index in [2.05, 4.69) is 4.98 Å². The fourth-order valence-corrected chi connectivity index (χ4v) is 6.37. The van der Waals surface area contributed by atoms with Crippen LogP contribution in [0.3, 0.4) is 0 Å². The van der Waals surface area contributed by atoms with E-state index in [0.717, 1.165) is 11.3 Å². The number of hydrogen-bond donors (Lipinski definition) is 3. The minimum absolute atomic E-state index is 0.0169. The predicted octanol–water partition coefficient (Wildman–Crippen LogP) is 1.45. The number of aliphatic hydroxyl groups is 2. The fourth-order valence-electron chi connectivity index (χ4n) is 4.26. The van der Waals surface area contributed by atoms with E-state index < -0.39 is 28.3 Å². The highest BCUT2D eigenvalue weighted by atomic mass is 32.2. The van der Waals surface area contributed by atoms with E-state index in [1.165, 1.54) is 0 Å². The molecule has 3 N–H and O–H groups in total. The van der Waals surface area contributed by atoms with Crippen LogP contribution < -0.4 is 0 Å². The van der Waals surface area contributed by atoms with Crippen LogP contribution in [0.4, 0.5) is 0 Å². The van der Waals surface area contributed by atoms with Gasteiger partial charge in [-0.2, -0.15) is 0 Å². The normalized spacial score (nSPS) is 23.3. The number of hydrogen-bond acceptors (Lipinski definition) is 8. The maximum absolute atomic E-state index is 12.5. The zero-order valence-corrected chi connectivity index (χ0v) is 17.7. The molecular weight excluding hydrogens is 421 g/mol. The Morgan fingerprint density at radius 3 is 2.74 bits per heavy atom. The Bertz CT molecular complexity index is 1090. The van der Waals surface area contributed by atoms with E-state index in [1.807, 2.05) is 24.3 Å². The van der Waals surface area contributed by atoms with Crippen molar-refractivity contribution in [3.63, 3.8) is 0 Å². The molecule has 2 aliphatic rings. The van der Waals surface area contributed by atoms with E-state index in [-0.39, 0.29) is 25.3 Å². The third-order valence-corrected chi connectivity index (χ3v) is 7.73. The van der Waals surface area contributed by atoms with Crippen LogP contribution in [0.15, 0.2) is 52.1 Å². The lowest BCUT2D eigenvalue weighted by atomic mass is 9.74. The van der Waals surface area contributed by atoms with E-state index in [9.17, 15) is 23.7 Å². The lowest BCUT2D eigenvalue weighted by Gasteiger charge is -2.32. The van der Waals surface area contributed by atoms with Crippen LogP contribution in [0.2, 0.25) is 6.32 Å². The first-order valence-corrected chi connectivity index (χ1v) is 11.8. The van der Waals surface area contributed by atoms with Gasteiger partial charge in [0.15, 0.2) is 9.84 Å². The fraction of sp³-hybridized carbons (Fsp3) is 0.381. The first kappa shape index (κ1) is 22.0. The first-order valence-electron chi connectivity index (χ1n) is 10.1. The summed E-state index contributed by atoms with van der Waals surface area (Å²) in [7, 11) is -4.63. The van der Waals surface area contributed by atoms with Crippen molar-refractivity contribution in [3.05, 3.63) is 64.9 Å². The van der Waals surface area contributed by atoms with Gasteiger partial charge in [-0.15, -0.1) is 0 Å². The largest absolute Gasteiger partial charge is 0.459 e. The number of allylic oxidation sites excluding steroid dienone is 1. The van der Waals surface area contributed by atoms with Crippen molar-refractivity contribution in [2.45, 2.75) is 37.1 Å². The Morgan fingerprint density at radius 1 is 1.23 bits per heavy atom. The molecule has 0 aromatic carbocycles. The molecule has 1 saturated heterocycles. The summed E-state index contributed by atoms with van der Waals surface area (Å²) in [4.78, 5) is 4.40. The molecular formula is C21H24BNO7S. The van der Waals surface area contributed by atoms with Crippen molar-refractivity contribution in [3.8, 4) is 0 Å². The number of nitrogens with zero attached hydrogens (tertiary/aromatic N) is 1. The summed E-state index contributed by atoms with van der Waals surface area (Å²) in [6.07, 6.45) is 3.74. The molecule has 164 valence electrons. The summed E-state index contributed by atoms with van der Waals surface area (Å²) in [5.74, 6) is 0.808. The van der Waals surface area contributed by atoms with Gasteiger partial charge in [-0.1, -0.05) is 6.07 Å². The highest BCUT2D eigenvalue weighted by Crippen LogP contribution is 2.40. The van der Waals surface area contributed by atoms with Crippen molar-refractivity contribution in [1.29, 1.82) is 0 Å². The smallest absolute Gasteiger partial charge is 0.456 e. The molecule has 4 heterocycles. The summed E-state index contributed by atoms with van der Waals surface area (Å²) in [6.45, 7) is -0.547. The van der Waals surface area contributed by atoms with Crippen molar-refractivity contribution in [2.75, 3.05) is 12.4 Å². The van der Waals surface area contributed by atoms with E-state index >= 15 is 0 Å². The second kappa shape index (κ2) is 9.09. The van der Waals surface area contributed by atoms with Gasteiger partial charge in [-0.25, -0.2) is 8.42 Å². The zero-order valence-electron chi connectivity index (χ0n) is 16.8. The number of fused-ring (bicyclic) bond motifs is 1. The van der Waals surface area contributed by atoms with E-state index in [0.29, 0.717) is 35.5 Å². The lowest BCUT2D eigenvalue weighted by molar-refractivity contribution is 0.169. The van der Waals surface area contributed by atoms with E-state index in [4.69, 9.17) is 9.07 Å². The standard InChI is InChI=1S/C21H24BNO7S/c24-11-15-13-31(27,28)20-10-22(26)30-19(21(15)20)7-4-14(18-3-1-2-8-23-18)9-16-5-6-17(12-25)29-16/h1-3,5-6,8-9,19-20,24-26H,4,7,10-13H2/b14-9-/t19-,20+/m1/s1. The second-order valence-electron chi connectivity index (χ2n) is 7.71. The number of aliphatic hydroxyl groups excluding tert-OH is 2. The Labute approximate surface area is 181 Å². The van der Waals surface area contributed by atoms with Crippen LogP contribution in [-0.4, -0.2) is 59.5 Å². The average Bonchev–Trinajstić information content (AvgIpc) is 3.33. The summed E-state index contributed by atoms with van der Waals surface area (Å²) >= 11 is 0. The molecule has 0 saturated carbocycles. The molecule has 31 heavy (non-hydrogen) atoms. The van der Waals surface area contributed by atoms with E-state index in [1.54, 1.807) is 18.3 Å².